The van der Waals surface area contributed by atoms with Crippen LogP contribution in [0.4, 0.5) is 11.7 Å². The fourth-order valence-electron chi connectivity index (χ4n) is 2.77. The van der Waals surface area contributed by atoms with E-state index in [4.69, 9.17) is 10.2 Å². The maximum atomic E-state index is 9.67. The molecule has 1 aromatic carbocycles. The zero-order chi connectivity index (χ0) is 13.3. The quantitative estimate of drug-likeness (QED) is 0.739. The number of rotatable bonds is 3. The van der Waals surface area contributed by atoms with Crippen LogP contribution in [0.1, 0.15) is 32.1 Å². The third kappa shape index (κ3) is 2.38. The molecule has 1 aromatic heterocycles. The molecule has 102 valence electrons. The Hall–Kier alpha value is -1.75. The van der Waals surface area contributed by atoms with E-state index < -0.39 is 0 Å². The third-order valence-corrected chi connectivity index (χ3v) is 3.90. The van der Waals surface area contributed by atoms with Crippen LogP contribution in [0.5, 0.6) is 0 Å². The zero-order valence-electron chi connectivity index (χ0n) is 10.9. The van der Waals surface area contributed by atoms with Gasteiger partial charge in [-0.3, -0.25) is 0 Å². The van der Waals surface area contributed by atoms with Crippen molar-refractivity contribution in [1.29, 1.82) is 0 Å². The van der Waals surface area contributed by atoms with Crippen LogP contribution < -0.4 is 11.1 Å². The molecule has 5 heteroatoms. The summed E-state index contributed by atoms with van der Waals surface area (Å²) in [4.78, 5) is 4.40. The molecule has 0 bridgehead atoms. The summed E-state index contributed by atoms with van der Waals surface area (Å²) in [5, 5.41) is 13.0. The Bertz CT molecular complexity index is 573. The summed E-state index contributed by atoms with van der Waals surface area (Å²) in [5.41, 5.74) is 7.54. The van der Waals surface area contributed by atoms with Gasteiger partial charge in [0.1, 0.15) is 5.52 Å². The van der Waals surface area contributed by atoms with Gasteiger partial charge in [0, 0.05) is 11.8 Å². The maximum Gasteiger partial charge on any atom is 0.296 e. The number of nitrogen functional groups attached to an aromatic ring is 1. The van der Waals surface area contributed by atoms with Gasteiger partial charge in [-0.1, -0.05) is 19.3 Å². The summed E-state index contributed by atoms with van der Waals surface area (Å²) in [6, 6.07) is 5.87. The van der Waals surface area contributed by atoms with Gasteiger partial charge in [-0.15, -0.1) is 0 Å². The van der Waals surface area contributed by atoms with Crippen molar-refractivity contribution in [1.82, 2.24) is 4.98 Å². The van der Waals surface area contributed by atoms with E-state index in [-0.39, 0.29) is 12.1 Å². The van der Waals surface area contributed by atoms with E-state index in [1.54, 1.807) is 12.1 Å². The molecule has 0 aliphatic heterocycles. The molecule has 0 radical (unpaired) electrons. The van der Waals surface area contributed by atoms with Crippen LogP contribution in [0.3, 0.4) is 0 Å². The number of nitrogens with two attached hydrogens (primary N) is 1. The Balaban J connectivity index is 1.87. The van der Waals surface area contributed by atoms with Gasteiger partial charge in [-0.25, -0.2) is 0 Å². The Morgan fingerprint density at radius 2 is 2.11 bits per heavy atom. The molecule has 2 aromatic rings. The Kier molecular flexibility index (Phi) is 3.06. The molecular formula is C14H19N3O2. The van der Waals surface area contributed by atoms with E-state index in [0.29, 0.717) is 17.3 Å². The van der Waals surface area contributed by atoms with Crippen molar-refractivity contribution in [2.24, 2.45) is 0 Å². The molecule has 0 saturated heterocycles. The number of aromatic nitrogens is 1. The van der Waals surface area contributed by atoms with Crippen LogP contribution in [0.15, 0.2) is 22.6 Å². The maximum absolute atomic E-state index is 9.67. The average molecular weight is 261 g/mol. The van der Waals surface area contributed by atoms with Crippen molar-refractivity contribution in [2.75, 3.05) is 17.7 Å². The van der Waals surface area contributed by atoms with Crippen molar-refractivity contribution < 1.29 is 9.52 Å². The smallest absolute Gasteiger partial charge is 0.296 e. The van der Waals surface area contributed by atoms with Crippen LogP contribution in [0.2, 0.25) is 0 Å². The number of nitrogens with one attached hydrogen (secondary N) is 1. The molecule has 1 fully saturated rings. The van der Waals surface area contributed by atoms with Crippen LogP contribution in [0.25, 0.3) is 11.1 Å². The van der Waals surface area contributed by atoms with Crippen molar-refractivity contribution >= 4 is 22.8 Å². The fourth-order valence-corrected chi connectivity index (χ4v) is 2.77. The predicted molar refractivity (Wildman–Crippen MR) is 74.9 cm³/mol. The molecule has 1 aliphatic carbocycles. The van der Waals surface area contributed by atoms with Gasteiger partial charge in [0.15, 0.2) is 5.58 Å². The first-order valence-electron chi connectivity index (χ1n) is 6.76. The van der Waals surface area contributed by atoms with Crippen molar-refractivity contribution in [2.45, 2.75) is 37.6 Å². The average Bonchev–Trinajstić information content (AvgIpc) is 2.81. The number of oxazole rings is 1. The van der Waals surface area contributed by atoms with Crippen molar-refractivity contribution in [3.8, 4) is 0 Å². The monoisotopic (exact) mass is 261 g/mol. The lowest BCUT2D eigenvalue weighted by Crippen LogP contribution is -2.43. The first-order valence-corrected chi connectivity index (χ1v) is 6.76. The highest BCUT2D eigenvalue weighted by Gasteiger charge is 2.32. The molecule has 4 N–H and O–H groups in total. The highest BCUT2D eigenvalue weighted by molar-refractivity contribution is 5.78. The Morgan fingerprint density at radius 3 is 2.84 bits per heavy atom. The number of aliphatic hydroxyl groups excluding tert-OH is 1. The summed E-state index contributed by atoms with van der Waals surface area (Å²) < 4.78 is 5.67. The number of aliphatic hydroxyl groups is 1. The molecule has 0 amide bonds. The summed E-state index contributed by atoms with van der Waals surface area (Å²) >= 11 is 0. The molecule has 1 heterocycles. The van der Waals surface area contributed by atoms with Gasteiger partial charge >= 0.3 is 0 Å². The highest BCUT2D eigenvalue weighted by Crippen LogP contribution is 2.32. The molecule has 1 saturated carbocycles. The lowest BCUT2D eigenvalue weighted by atomic mass is 9.82. The number of anilines is 2. The number of nitrogens with zero attached hydrogens (tertiary/aromatic N) is 1. The van der Waals surface area contributed by atoms with Crippen LogP contribution in [-0.4, -0.2) is 22.2 Å². The normalized spacial score (nSPS) is 18.6. The SMILES string of the molecule is Nc1ccc2nc(NC3(CO)CCCCC3)oc2c1. The minimum Gasteiger partial charge on any atom is -0.423 e. The number of hydrogen-bond donors (Lipinski definition) is 3. The van der Waals surface area contributed by atoms with E-state index in [9.17, 15) is 5.11 Å². The summed E-state index contributed by atoms with van der Waals surface area (Å²) in [6.45, 7) is 0.105. The predicted octanol–water partition coefficient (Wildman–Crippen LogP) is 2.52. The topological polar surface area (TPSA) is 84.3 Å². The van der Waals surface area contributed by atoms with Crippen LogP contribution in [-0.2, 0) is 0 Å². The van der Waals surface area contributed by atoms with Crippen molar-refractivity contribution in [3.63, 3.8) is 0 Å². The second kappa shape index (κ2) is 4.74. The van der Waals surface area contributed by atoms with E-state index in [2.05, 4.69) is 10.3 Å². The minimum absolute atomic E-state index is 0.105. The largest absolute Gasteiger partial charge is 0.423 e. The Morgan fingerprint density at radius 1 is 1.32 bits per heavy atom. The highest BCUT2D eigenvalue weighted by atomic mass is 16.4. The van der Waals surface area contributed by atoms with E-state index in [1.165, 1.54) is 6.42 Å². The van der Waals surface area contributed by atoms with E-state index >= 15 is 0 Å². The van der Waals surface area contributed by atoms with Crippen molar-refractivity contribution in [3.05, 3.63) is 18.2 Å². The standard InChI is InChI=1S/C14H19N3O2/c15-10-4-5-11-12(8-10)19-13(16-11)17-14(9-18)6-2-1-3-7-14/h4-5,8,18H,1-3,6-7,9,15H2,(H,16,17). The van der Waals surface area contributed by atoms with Crippen LogP contribution in [0, 0.1) is 0 Å². The van der Waals surface area contributed by atoms with E-state index in [0.717, 1.165) is 31.2 Å². The molecule has 1 aliphatic rings. The molecule has 3 rings (SSSR count). The molecular weight excluding hydrogens is 242 g/mol. The van der Waals surface area contributed by atoms with Gasteiger partial charge in [0.2, 0.25) is 0 Å². The number of hydrogen-bond acceptors (Lipinski definition) is 5. The summed E-state index contributed by atoms with van der Waals surface area (Å²) in [6.07, 6.45) is 5.38. The van der Waals surface area contributed by atoms with Gasteiger partial charge in [0.25, 0.3) is 6.01 Å². The van der Waals surface area contributed by atoms with Crippen LogP contribution >= 0.6 is 0 Å². The van der Waals surface area contributed by atoms with Gasteiger partial charge in [-0.2, -0.15) is 4.98 Å². The minimum atomic E-state index is -0.287. The molecule has 0 unspecified atom stereocenters. The first kappa shape index (κ1) is 12.3. The van der Waals surface area contributed by atoms with Gasteiger partial charge in [0.05, 0.1) is 12.1 Å². The second-order valence-corrected chi connectivity index (χ2v) is 5.37. The Labute approximate surface area is 111 Å². The molecule has 0 spiro atoms. The molecule has 0 atom stereocenters. The lowest BCUT2D eigenvalue weighted by Gasteiger charge is -2.35. The molecule has 19 heavy (non-hydrogen) atoms. The fraction of sp³-hybridized carbons (Fsp3) is 0.500. The lowest BCUT2D eigenvalue weighted by molar-refractivity contribution is 0.170. The van der Waals surface area contributed by atoms with E-state index in [1.807, 2.05) is 6.07 Å². The first-order chi connectivity index (χ1) is 9.21. The number of benzene rings is 1. The molecule has 5 nitrogen and oxygen atoms in total. The summed E-state index contributed by atoms with van der Waals surface area (Å²) in [5.74, 6) is 0. The number of fused-ring (bicyclic) bond motifs is 1. The second-order valence-electron chi connectivity index (χ2n) is 5.37. The van der Waals surface area contributed by atoms with Gasteiger partial charge in [-0.05, 0) is 25.0 Å². The van der Waals surface area contributed by atoms with Gasteiger partial charge < -0.3 is 20.6 Å². The third-order valence-electron chi connectivity index (χ3n) is 3.90. The summed E-state index contributed by atoms with van der Waals surface area (Å²) in [7, 11) is 0. The zero-order valence-corrected chi connectivity index (χ0v) is 10.9.